The first kappa shape index (κ1) is 25.0. The Hall–Kier alpha value is -4.63. The molecule has 0 aliphatic carbocycles. The fourth-order valence-electron chi connectivity index (χ4n) is 3.93. The molecule has 5 rings (SSSR count). The average Bonchev–Trinajstić information content (AvgIpc) is 2.97. The Kier molecular flexibility index (Phi) is 7.37. The van der Waals surface area contributed by atoms with E-state index >= 15 is 0 Å². The van der Waals surface area contributed by atoms with Crippen molar-refractivity contribution in [3.05, 3.63) is 120 Å². The van der Waals surface area contributed by atoms with Crippen molar-refractivity contribution in [2.45, 2.75) is 11.4 Å². The highest BCUT2D eigenvalue weighted by Gasteiger charge is 2.25. The van der Waals surface area contributed by atoms with Gasteiger partial charge in [0.2, 0.25) is 0 Å². The number of carbonyl (C=O) groups excluding carboxylic acids is 1. The third kappa shape index (κ3) is 5.68. The number of ether oxygens (including phenoxy) is 2. The van der Waals surface area contributed by atoms with Crippen molar-refractivity contribution in [3.63, 3.8) is 0 Å². The van der Waals surface area contributed by atoms with Gasteiger partial charge in [-0.1, -0.05) is 48.5 Å². The van der Waals surface area contributed by atoms with E-state index in [-0.39, 0.29) is 17.3 Å². The lowest BCUT2D eigenvalue weighted by atomic mass is 10.1. The summed E-state index contributed by atoms with van der Waals surface area (Å²) in [6.07, 6.45) is 1.52. The van der Waals surface area contributed by atoms with Gasteiger partial charge in [-0.2, -0.15) is 5.10 Å². The number of anilines is 1. The third-order valence-corrected chi connectivity index (χ3v) is 7.65. The zero-order valence-electron chi connectivity index (χ0n) is 20.4. The van der Waals surface area contributed by atoms with Crippen LogP contribution in [0.5, 0.6) is 11.5 Å². The molecule has 0 bridgehead atoms. The minimum Gasteiger partial charge on any atom is -0.486 e. The second-order valence-electron chi connectivity index (χ2n) is 8.46. The fourth-order valence-corrected chi connectivity index (χ4v) is 5.40. The summed E-state index contributed by atoms with van der Waals surface area (Å²) in [5, 5.41) is 4.03. The van der Waals surface area contributed by atoms with Crippen molar-refractivity contribution in [1.29, 1.82) is 0 Å². The Labute approximate surface area is 221 Å². The molecule has 0 saturated carbocycles. The highest BCUT2D eigenvalue weighted by Crippen LogP contribution is 2.30. The van der Waals surface area contributed by atoms with E-state index in [2.05, 4.69) is 10.5 Å². The smallest absolute Gasteiger partial charge is 0.271 e. The normalized spacial score (nSPS) is 12.7. The lowest BCUT2D eigenvalue weighted by Crippen LogP contribution is -2.30. The van der Waals surface area contributed by atoms with Crippen LogP contribution in [0, 0.1) is 0 Å². The van der Waals surface area contributed by atoms with Gasteiger partial charge in [0.15, 0.2) is 11.5 Å². The van der Waals surface area contributed by atoms with E-state index in [1.165, 1.54) is 10.5 Å². The molecule has 0 saturated heterocycles. The number of fused-ring (bicyclic) bond motifs is 1. The monoisotopic (exact) mass is 527 g/mol. The second kappa shape index (κ2) is 11.2. The van der Waals surface area contributed by atoms with E-state index in [1.54, 1.807) is 91.0 Å². The molecule has 1 N–H and O–H groups in total. The van der Waals surface area contributed by atoms with E-state index in [1.807, 2.05) is 12.1 Å². The zero-order valence-corrected chi connectivity index (χ0v) is 21.2. The molecule has 1 amide bonds. The first-order valence-corrected chi connectivity index (χ1v) is 13.4. The van der Waals surface area contributed by atoms with Crippen molar-refractivity contribution in [2.24, 2.45) is 5.10 Å². The van der Waals surface area contributed by atoms with Crippen LogP contribution in [0.3, 0.4) is 0 Å². The molecular weight excluding hydrogens is 502 g/mol. The number of hydrazone groups is 1. The summed E-state index contributed by atoms with van der Waals surface area (Å²) >= 11 is 0. The SMILES string of the molecule is O=C(N/N=C\c1ccc2c(c1)OCCO2)c1ccc(CN(c2ccccc2)S(=O)(=O)c2ccccc2)cc1. The molecule has 0 unspecified atom stereocenters. The Morgan fingerprint density at radius 2 is 1.50 bits per heavy atom. The van der Waals surface area contributed by atoms with Crippen LogP contribution in [0.15, 0.2) is 113 Å². The number of hydrogen-bond donors (Lipinski definition) is 1. The maximum Gasteiger partial charge on any atom is 0.271 e. The number of benzene rings is 4. The zero-order chi connectivity index (χ0) is 26.4. The topological polar surface area (TPSA) is 97.3 Å². The summed E-state index contributed by atoms with van der Waals surface area (Å²) in [6, 6.07) is 29.4. The first-order valence-electron chi connectivity index (χ1n) is 12.0. The van der Waals surface area contributed by atoms with Gasteiger partial charge in [0, 0.05) is 5.56 Å². The van der Waals surface area contributed by atoms with Crippen LogP contribution >= 0.6 is 0 Å². The van der Waals surface area contributed by atoms with E-state index in [0.717, 1.165) is 11.1 Å². The molecule has 192 valence electrons. The number of hydrogen-bond acceptors (Lipinski definition) is 6. The lowest BCUT2D eigenvalue weighted by Gasteiger charge is -2.24. The van der Waals surface area contributed by atoms with Crippen LogP contribution in [0.2, 0.25) is 0 Å². The van der Waals surface area contributed by atoms with Crippen molar-refractivity contribution in [1.82, 2.24) is 5.43 Å². The summed E-state index contributed by atoms with van der Waals surface area (Å²) in [5.41, 5.74) is 4.93. The van der Waals surface area contributed by atoms with Crippen LogP contribution < -0.4 is 19.2 Å². The molecule has 1 aliphatic heterocycles. The molecule has 0 atom stereocenters. The fraction of sp³-hybridized carbons (Fsp3) is 0.103. The molecule has 38 heavy (non-hydrogen) atoms. The van der Waals surface area contributed by atoms with Crippen LogP contribution in [0.25, 0.3) is 0 Å². The molecule has 4 aromatic carbocycles. The molecule has 8 nitrogen and oxygen atoms in total. The standard InChI is InChI=1S/C29H25N3O5S/c33-29(31-30-20-23-13-16-27-28(19-23)37-18-17-36-27)24-14-11-22(12-15-24)21-32(25-7-3-1-4-8-25)38(34,35)26-9-5-2-6-10-26/h1-16,19-20H,17-18,21H2,(H,31,33)/b30-20-. The number of rotatable bonds is 8. The Bertz CT molecular complexity index is 1540. The Balaban J connectivity index is 1.28. The van der Waals surface area contributed by atoms with Gasteiger partial charge in [0.25, 0.3) is 15.9 Å². The van der Waals surface area contributed by atoms with E-state index < -0.39 is 10.0 Å². The van der Waals surface area contributed by atoms with E-state index in [0.29, 0.717) is 36.0 Å². The third-order valence-electron chi connectivity index (χ3n) is 5.86. The van der Waals surface area contributed by atoms with Crippen molar-refractivity contribution >= 4 is 27.8 Å². The highest BCUT2D eigenvalue weighted by molar-refractivity contribution is 7.92. The minimum absolute atomic E-state index is 0.103. The van der Waals surface area contributed by atoms with Crippen molar-refractivity contribution in [2.75, 3.05) is 17.5 Å². The van der Waals surface area contributed by atoms with Crippen LogP contribution in [-0.4, -0.2) is 33.8 Å². The van der Waals surface area contributed by atoms with E-state index in [4.69, 9.17) is 9.47 Å². The molecule has 0 fully saturated rings. The summed E-state index contributed by atoms with van der Waals surface area (Å²) in [7, 11) is -3.80. The lowest BCUT2D eigenvalue weighted by molar-refractivity contribution is 0.0955. The maximum absolute atomic E-state index is 13.5. The van der Waals surface area contributed by atoms with Gasteiger partial charge < -0.3 is 9.47 Å². The van der Waals surface area contributed by atoms with Gasteiger partial charge in [-0.3, -0.25) is 9.10 Å². The largest absolute Gasteiger partial charge is 0.486 e. The molecule has 0 spiro atoms. The quantitative estimate of drug-likeness (QED) is 0.267. The van der Waals surface area contributed by atoms with Gasteiger partial charge in [-0.25, -0.2) is 13.8 Å². The second-order valence-corrected chi connectivity index (χ2v) is 10.3. The molecular formula is C29H25N3O5S. The maximum atomic E-state index is 13.5. The van der Waals surface area contributed by atoms with Crippen LogP contribution in [0.4, 0.5) is 5.69 Å². The van der Waals surface area contributed by atoms with Crippen molar-refractivity contribution < 1.29 is 22.7 Å². The molecule has 1 aliphatic rings. The Morgan fingerprint density at radius 1 is 0.842 bits per heavy atom. The summed E-state index contributed by atoms with van der Waals surface area (Å²) in [5.74, 6) is 0.933. The molecule has 4 aromatic rings. The van der Waals surface area contributed by atoms with Gasteiger partial charge >= 0.3 is 0 Å². The number of nitrogens with one attached hydrogen (secondary N) is 1. The molecule has 9 heteroatoms. The predicted molar refractivity (Wildman–Crippen MR) is 145 cm³/mol. The first-order chi connectivity index (χ1) is 18.5. The summed E-state index contributed by atoms with van der Waals surface area (Å²) in [6.45, 7) is 1.11. The minimum atomic E-state index is -3.80. The van der Waals surface area contributed by atoms with Crippen molar-refractivity contribution in [3.8, 4) is 11.5 Å². The van der Waals surface area contributed by atoms with Crippen LogP contribution in [0.1, 0.15) is 21.5 Å². The van der Waals surface area contributed by atoms with Gasteiger partial charge in [0.05, 0.1) is 23.3 Å². The molecule has 0 aromatic heterocycles. The van der Waals surface area contributed by atoms with E-state index in [9.17, 15) is 13.2 Å². The molecule has 1 heterocycles. The Morgan fingerprint density at radius 3 is 2.21 bits per heavy atom. The van der Waals surface area contributed by atoms with Crippen LogP contribution in [-0.2, 0) is 16.6 Å². The molecule has 0 radical (unpaired) electrons. The summed E-state index contributed by atoms with van der Waals surface area (Å²) in [4.78, 5) is 12.8. The van der Waals surface area contributed by atoms with Gasteiger partial charge in [0.1, 0.15) is 13.2 Å². The number of carbonyl (C=O) groups is 1. The highest BCUT2D eigenvalue weighted by atomic mass is 32.2. The average molecular weight is 528 g/mol. The number of nitrogens with zero attached hydrogens (tertiary/aromatic N) is 2. The van der Waals surface area contributed by atoms with Gasteiger partial charge in [-0.05, 0) is 65.7 Å². The van der Waals surface area contributed by atoms with Gasteiger partial charge in [-0.15, -0.1) is 0 Å². The predicted octanol–water partition coefficient (Wildman–Crippen LogP) is 4.62. The summed E-state index contributed by atoms with van der Waals surface area (Å²) < 4.78 is 39.3. The number of amides is 1. The number of para-hydroxylation sites is 1. The number of sulfonamides is 1.